The summed E-state index contributed by atoms with van der Waals surface area (Å²) >= 11 is 0. The summed E-state index contributed by atoms with van der Waals surface area (Å²) in [6.45, 7) is 13.4. The summed E-state index contributed by atoms with van der Waals surface area (Å²) in [6, 6.07) is 56.5. The summed E-state index contributed by atoms with van der Waals surface area (Å²) in [5.74, 6) is -0.430. The molecule has 0 saturated heterocycles. The van der Waals surface area contributed by atoms with Gasteiger partial charge in [-0.2, -0.15) is 5.26 Å². The Morgan fingerprint density at radius 2 is 0.776 bits per heavy atom. The maximum atomic E-state index is 10.7. The molecule has 0 aliphatic heterocycles. The van der Waals surface area contributed by atoms with Crippen molar-refractivity contribution in [3.8, 4) is 28.3 Å². The van der Waals surface area contributed by atoms with Crippen LogP contribution in [0.2, 0.25) is 0 Å². The number of benzene rings is 6. The van der Waals surface area contributed by atoms with Crippen molar-refractivity contribution in [3.05, 3.63) is 179 Å². The number of rotatable bonds is 8. The number of nitrogens with zero attached hydrogens (tertiary/aromatic N) is 1. The minimum Gasteiger partial charge on any atom is -0.356 e. The van der Waals surface area contributed by atoms with Crippen LogP contribution in [-0.4, -0.2) is 0 Å². The first kappa shape index (κ1) is 33.5. The van der Waals surface area contributed by atoms with Crippen molar-refractivity contribution in [1.82, 2.24) is 0 Å². The van der Waals surface area contributed by atoms with Crippen LogP contribution < -0.4 is 5.32 Å². The van der Waals surface area contributed by atoms with E-state index in [9.17, 15) is 5.26 Å². The summed E-state index contributed by atoms with van der Waals surface area (Å²) < 4.78 is 0. The van der Waals surface area contributed by atoms with Gasteiger partial charge in [-0.3, -0.25) is 0 Å². The SMILES string of the molecule is CC(C)(C)c1ccc(C(c2ccc(C(C)(C)C)cc2)C(C#N)c2ccc(-c3ccc(Nc4ccc(-c5ccccc5)cc4)cc3)cc2)cc1. The van der Waals surface area contributed by atoms with Gasteiger partial charge in [0.05, 0.1) is 12.0 Å². The van der Waals surface area contributed by atoms with Crippen molar-refractivity contribution in [2.75, 3.05) is 5.32 Å². The third kappa shape index (κ3) is 7.85. The zero-order valence-corrected chi connectivity index (χ0v) is 29.5. The first-order valence-corrected chi connectivity index (χ1v) is 17.2. The lowest BCUT2D eigenvalue weighted by Crippen LogP contribution is -2.15. The lowest BCUT2D eigenvalue weighted by atomic mass is 9.76. The van der Waals surface area contributed by atoms with E-state index >= 15 is 0 Å². The molecule has 0 heterocycles. The molecule has 49 heavy (non-hydrogen) atoms. The van der Waals surface area contributed by atoms with Gasteiger partial charge in [-0.15, -0.1) is 0 Å². The Hall–Kier alpha value is -5.39. The Kier molecular flexibility index (Phi) is 9.57. The molecule has 0 fully saturated rings. The molecule has 2 heteroatoms. The molecule has 0 aliphatic rings. The van der Waals surface area contributed by atoms with E-state index < -0.39 is 0 Å². The second-order valence-electron chi connectivity index (χ2n) is 15.1. The van der Waals surface area contributed by atoms with Crippen LogP contribution in [-0.2, 0) is 10.8 Å². The van der Waals surface area contributed by atoms with Crippen molar-refractivity contribution in [1.29, 1.82) is 5.26 Å². The van der Waals surface area contributed by atoms with Crippen molar-refractivity contribution >= 4 is 11.4 Å². The Morgan fingerprint density at radius 1 is 0.429 bits per heavy atom. The van der Waals surface area contributed by atoms with E-state index in [0.29, 0.717) is 0 Å². The van der Waals surface area contributed by atoms with Crippen LogP contribution in [0.15, 0.2) is 152 Å². The Labute approximate surface area is 293 Å². The third-order valence-electron chi connectivity index (χ3n) is 9.51. The number of hydrogen-bond donors (Lipinski definition) is 1. The van der Waals surface area contributed by atoms with Crippen LogP contribution in [0.3, 0.4) is 0 Å². The van der Waals surface area contributed by atoms with Gasteiger partial charge in [-0.05, 0) is 85.2 Å². The lowest BCUT2D eigenvalue weighted by Gasteiger charge is -2.26. The molecule has 6 rings (SSSR count). The van der Waals surface area contributed by atoms with E-state index in [4.69, 9.17) is 0 Å². The molecule has 0 aromatic heterocycles. The smallest absolute Gasteiger partial charge is 0.0821 e. The Bertz CT molecular complexity index is 1940. The zero-order valence-electron chi connectivity index (χ0n) is 29.5. The summed E-state index contributed by atoms with van der Waals surface area (Å²) in [6.07, 6.45) is 0. The Balaban J connectivity index is 1.23. The van der Waals surface area contributed by atoms with Crippen molar-refractivity contribution in [2.24, 2.45) is 0 Å². The van der Waals surface area contributed by atoms with Gasteiger partial charge in [0.1, 0.15) is 0 Å². The number of nitrogens with one attached hydrogen (secondary N) is 1. The summed E-state index contributed by atoms with van der Waals surface area (Å²) in [7, 11) is 0. The van der Waals surface area contributed by atoms with E-state index in [1.54, 1.807) is 0 Å². The number of hydrogen-bond acceptors (Lipinski definition) is 2. The minimum absolute atomic E-state index is 0.0647. The molecular weight excluding hydrogens is 593 g/mol. The van der Waals surface area contributed by atoms with E-state index in [0.717, 1.165) is 39.2 Å². The topological polar surface area (TPSA) is 35.8 Å². The fraction of sp³-hybridized carbons (Fsp3) is 0.213. The molecule has 0 spiro atoms. The summed E-state index contributed by atoms with van der Waals surface area (Å²) in [5.41, 5.74) is 12.8. The standard InChI is InChI=1S/C47H46N2/c1-46(2,3)40-24-16-38(17-25-40)45(39-18-26-41(27-19-39)47(4,5)6)44(32-48)37-14-12-34(13-15-37)36-22-30-43(31-23-36)49-42-28-20-35(21-29-42)33-10-8-7-9-11-33/h7-31,44-45,49H,1-6H3. The highest BCUT2D eigenvalue weighted by Crippen LogP contribution is 2.40. The lowest BCUT2D eigenvalue weighted by molar-refractivity contribution is 0.588. The molecule has 6 aromatic rings. The minimum atomic E-state index is -0.338. The monoisotopic (exact) mass is 638 g/mol. The van der Waals surface area contributed by atoms with Gasteiger partial charge in [0, 0.05) is 17.3 Å². The predicted molar refractivity (Wildman–Crippen MR) is 208 cm³/mol. The summed E-state index contributed by atoms with van der Waals surface area (Å²) in [5, 5.41) is 14.2. The highest BCUT2D eigenvalue weighted by atomic mass is 14.9. The average Bonchev–Trinajstić information content (AvgIpc) is 3.11. The molecule has 1 N–H and O–H groups in total. The van der Waals surface area contributed by atoms with Gasteiger partial charge in [0.2, 0.25) is 0 Å². The van der Waals surface area contributed by atoms with Gasteiger partial charge in [-0.25, -0.2) is 0 Å². The predicted octanol–water partition coefficient (Wildman–Crippen LogP) is 12.8. The molecule has 0 bridgehead atoms. The van der Waals surface area contributed by atoms with Crippen LogP contribution >= 0.6 is 0 Å². The molecule has 0 aliphatic carbocycles. The van der Waals surface area contributed by atoms with E-state index in [1.807, 2.05) is 6.07 Å². The largest absolute Gasteiger partial charge is 0.356 e. The van der Waals surface area contributed by atoms with Gasteiger partial charge in [0.15, 0.2) is 0 Å². The first-order chi connectivity index (χ1) is 23.5. The molecule has 244 valence electrons. The van der Waals surface area contributed by atoms with E-state index in [-0.39, 0.29) is 22.7 Å². The molecule has 1 atom stereocenters. The maximum Gasteiger partial charge on any atom is 0.0821 e. The molecule has 0 saturated carbocycles. The fourth-order valence-electron chi connectivity index (χ4n) is 6.47. The molecule has 0 amide bonds. The molecule has 1 unspecified atom stereocenters. The van der Waals surface area contributed by atoms with E-state index in [1.165, 1.54) is 22.3 Å². The van der Waals surface area contributed by atoms with Crippen LogP contribution in [0.5, 0.6) is 0 Å². The maximum absolute atomic E-state index is 10.7. The van der Waals surface area contributed by atoms with Gasteiger partial charge >= 0.3 is 0 Å². The Morgan fingerprint density at radius 3 is 1.14 bits per heavy atom. The fourth-order valence-corrected chi connectivity index (χ4v) is 6.47. The van der Waals surface area contributed by atoms with Crippen molar-refractivity contribution < 1.29 is 0 Å². The van der Waals surface area contributed by atoms with Crippen LogP contribution in [0.1, 0.15) is 81.2 Å². The molecule has 2 nitrogen and oxygen atoms in total. The van der Waals surface area contributed by atoms with Crippen molar-refractivity contribution in [3.63, 3.8) is 0 Å². The number of anilines is 2. The quantitative estimate of drug-likeness (QED) is 0.180. The second kappa shape index (κ2) is 14.0. The highest BCUT2D eigenvalue weighted by molar-refractivity contribution is 5.71. The molecular formula is C47H46N2. The second-order valence-corrected chi connectivity index (χ2v) is 15.1. The van der Waals surface area contributed by atoms with Gasteiger partial charge < -0.3 is 5.32 Å². The first-order valence-electron chi connectivity index (χ1n) is 17.2. The highest BCUT2D eigenvalue weighted by Gasteiger charge is 2.28. The van der Waals surface area contributed by atoms with Gasteiger partial charge in [0.25, 0.3) is 0 Å². The van der Waals surface area contributed by atoms with Gasteiger partial charge in [-0.1, -0.05) is 169 Å². The zero-order chi connectivity index (χ0) is 34.6. The average molecular weight is 639 g/mol. The summed E-state index contributed by atoms with van der Waals surface area (Å²) in [4.78, 5) is 0. The number of nitriles is 1. The van der Waals surface area contributed by atoms with Crippen LogP contribution in [0.4, 0.5) is 11.4 Å². The van der Waals surface area contributed by atoms with Crippen LogP contribution in [0, 0.1) is 11.3 Å². The molecule has 6 aromatic carbocycles. The van der Waals surface area contributed by atoms with E-state index in [2.05, 4.69) is 199 Å². The van der Waals surface area contributed by atoms with Crippen LogP contribution in [0.25, 0.3) is 22.3 Å². The molecule has 0 radical (unpaired) electrons. The third-order valence-corrected chi connectivity index (χ3v) is 9.51. The van der Waals surface area contributed by atoms with Crippen molar-refractivity contribution in [2.45, 2.75) is 64.2 Å². The normalized spacial score (nSPS) is 12.4.